The van der Waals surface area contributed by atoms with E-state index in [1.54, 1.807) is 11.8 Å². The van der Waals surface area contributed by atoms with Gasteiger partial charge in [-0.2, -0.15) is 5.10 Å². The highest BCUT2D eigenvalue weighted by Crippen LogP contribution is 2.25. The van der Waals surface area contributed by atoms with Gasteiger partial charge in [-0.05, 0) is 66.9 Å². The molecule has 0 aliphatic carbocycles. The summed E-state index contributed by atoms with van der Waals surface area (Å²) in [6, 6.07) is 25.5. The molecule has 0 bridgehead atoms. The molecule has 0 fully saturated rings. The normalized spacial score (nSPS) is 10.7. The lowest BCUT2D eigenvalue weighted by atomic mass is 10.1. The van der Waals surface area contributed by atoms with E-state index in [9.17, 15) is 4.79 Å². The summed E-state index contributed by atoms with van der Waals surface area (Å²) in [6.45, 7) is 4.51. The summed E-state index contributed by atoms with van der Waals surface area (Å²) in [7, 11) is 1.64. The lowest BCUT2D eigenvalue weighted by Gasteiger charge is -2.11. The maximum absolute atomic E-state index is 13.2. The van der Waals surface area contributed by atoms with Crippen molar-refractivity contribution in [2.45, 2.75) is 20.4 Å². The van der Waals surface area contributed by atoms with Crippen LogP contribution in [-0.2, 0) is 6.54 Å². The van der Waals surface area contributed by atoms with E-state index < -0.39 is 0 Å². The number of nitrogens with one attached hydrogen (secondary N) is 1. The monoisotopic (exact) mass is 411 g/mol. The number of hydrogen-bond donors (Lipinski definition) is 1. The van der Waals surface area contributed by atoms with Crippen molar-refractivity contribution in [2.24, 2.45) is 0 Å². The van der Waals surface area contributed by atoms with Crippen LogP contribution >= 0.6 is 0 Å². The van der Waals surface area contributed by atoms with Gasteiger partial charge in [0.1, 0.15) is 11.4 Å². The highest BCUT2D eigenvalue weighted by atomic mass is 16.5. The van der Waals surface area contributed by atoms with Gasteiger partial charge < -0.3 is 10.1 Å². The maximum Gasteiger partial charge on any atom is 0.270 e. The summed E-state index contributed by atoms with van der Waals surface area (Å²) in [6.07, 6.45) is 0. The fourth-order valence-corrected chi connectivity index (χ4v) is 3.45. The zero-order chi connectivity index (χ0) is 21.8. The fraction of sp³-hybridized carbons (Fsp3) is 0.154. The lowest BCUT2D eigenvalue weighted by Crippen LogP contribution is -2.25. The summed E-state index contributed by atoms with van der Waals surface area (Å²) >= 11 is 0. The van der Waals surface area contributed by atoms with Crippen molar-refractivity contribution in [3.05, 3.63) is 101 Å². The summed E-state index contributed by atoms with van der Waals surface area (Å²) in [4.78, 5) is 13.2. The molecule has 0 atom stereocenters. The third-order valence-corrected chi connectivity index (χ3v) is 5.22. The lowest BCUT2D eigenvalue weighted by molar-refractivity contribution is 0.0943. The Morgan fingerprint density at radius 2 is 1.71 bits per heavy atom. The fourth-order valence-electron chi connectivity index (χ4n) is 3.45. The van der Waals surface area contributed by atoms with E-state index in [1.807, 2.05) is 86.6 Å². The number of benzene rings is 3. The maximum atomic E-state index is 13.2. The Labute approximate surface area is 182 Å². The Morgan fingerprint density at radius 3 is 2.42 bits per heavy atom. The second-order valence-electron chi connectivity index (χ2n) is 7.51. The first-order chi connectivity index (χ1) is 15.0. The van der Waals surface area contributed by atoms with Crippen molar-refractivity contribution in [3.63, 3.8) is 0 Å². The molecular formula is C26H25N3O2. The molecule has 5 heteroatoms. The van der Waals surface area contributed by atoms with Gasteiger partial charge in [0.15, 0.2) is 0 Å². The molecule has 1 N–H and O–H groups in total. The Morgan fingerprint density at radius 1 is 0.968 bits per heavy atom. The minimum Gasteiger partial charge on any atom is -0.497 e. The van der Waals surface area contributed by atoms with Crippen LogP contribution in [0, 0.1) is 13.8 Å². The predicted molar refractivity (Wildman–Crippen MR) is 123 cm³/mol. The van der Waals surface area contributed by atoms with Gasteiger partial charge in [0.05, 0.1) is 18.5 Å². The number of carbonyl (C=O) groups excluding carboxylic acids is 1. The third kappa shape index (κ3) is 4.51. The molecule has 0 saturated carbocycles. The summed E-state index contributed by atoms with van der Waals surface area (Å²) in [5.41, 5.74) is 6.24. The molecule has 156 valence electrons. The molecule has 31 heavy (non-hydrogen) atoms. The standard InChI is InChI=1S/C26H25N3O2/c1-18-9-10-19(2)24(15-18)29-25(26(30)27-17-20-7-5-4-6-8-20)16-23(28-29)21-11-13-22(31-3)14-12-21/h4-16H,17H2,1-3H3,(H,27,30). The van der Waals surface area contributed by atoms with Gasteiger partial charge in [0.25, 0.3) is 5.91 Å². The summed E-state index contributed by atoms with van der Waals surface area (Å²) in [5, 5.41) is 7.82. The molecule has 0 saturated heterocycles. The molecule has 1 aromatic heterocycles. The van der Waals surface area contributed by atoms with Crippen molar-refractivity contribution in [3.8, 4) is 22.7 Å². The van der Waals surface area contributed by atoms with E-state index in [0.717, 1.165) is 39.4 Å². The second kappa shape index (κ2) is 8.88. The van der Waals surface area contributed by atoms with Crippen LogP contribution in [0.1, 0.15) is 27.2 Å². The number of ether oxygens (including phenoxy) is 1. The predicted octanol–water partition coefficient (Wildman–Crippen LogP) is 5.09. The molecule has 0 aliphatic heterocycles. The minimum atomic E-state index is -0.169. The van der Waals surface area contributed by atoms with Crippen LogP contribution in [0.25, 0.3) is 16.9 Å². The van der Waals surface area contributed by atoms with Crippen LogP contribution in [0.3, 0.4) is 0 Å². The van der Waals surface area contributed by atoms with Crippen molar-refractivity contribution in [2.75, 3.05) is 7.11 Å². The smallest absolute Gasteiger partial charge is 0.270 e. The molecule has 1 heterocycles. The van der Waals surface area contributed by atoms with Crippen molar-refractivity contribution < 1.29 is 9.53 Å². The summed E-state index contributed by atoms with van der Waals surface area (Å²) < 4.78 is 6.99. The largest absolute Gasteiger partial charge is 0.497 e. The van der Waals surface area contributed by atoms with E-state index in [1.165, 1.54) is 0 Å². The quantitative estimate of drug-likeness (QED) is 0.481. The molecule has 0 radical (unpaired) electrons. The van der Waals surface area contributed by atoms with E-state index in [0.29, 0.717) is 12.2 Å². The van der Waals surface area contributed by atoms with Gasteiger partial charge in [-0.25, -0.2) is 4.68 Å². The van der Waals surface area contributed by atoms with E-state index in [-0.39, 0.29) is 5.91 Å². The number of hydrogen-bond acceptors (Lipinski definition) is 3. The zero-order valence-electron chi connectivity index (χ0n) is 17.9. The topological polar surface area (TPSA) is 56.1 Å². The molecule has 5 nitrogen and oxygen atoms in total. The Kier molecular flexibility index (Phi) is 5.85. The van der Waals surface area contributed by atoms with Gasteiger partial charge in [-0.3, -0.25) is 4.79 Å². The van der Waals surface area contributed by atoms with Crippen molar-refractivity contribution in [1.29, 1.82) is 0 Å². The molecule has 0 unspecified atom stereocenters. The van der Waals surface area contributed by atoms with Gasteiger partial charge in [0, 0.05) is 12.1 Å². The van der Waals surface area contributed by atoms with Gasteiger partial charge in [0.2, 0.25) is 0 Å². The highest BCUT2D eigenvalue weighted by molar-refractivity contribution is 5.94. The van der Waals surface area contributed by atoms with Crippen LogP contribution in [0.4, 0.5) is 0 Å². The Balaban J connectivity index is 1.73. The second-order valence-corrected chi connectivity index (χ2v) is 7.51. The first-order valence-electron chi connectivity index (χ1n) is 10.2. The van der Waals surface area contributed by atoms with E-state index in [4.69, 9.17) is 9.84 Å². The Bertz CT molecular complexity index is 1200. The number of methoxy groups -OCH3 is 1. The van der Waals surface area contributed by atoms with Crippen LogP contribution in [0.5, 0.6) is 5.75 Å². The average Bonchev–Trinajstić information content (AvgIpc) is 3.25. The molecule has 1 amide bonds. The first-order valence-corrected chi connectivity index (χ1v) is 10.2. The number of aryl methyl sites for hydroxylation is 2. The Hall–Kier alpha value is -3.86. The van der Waals surface area contributed by atoms with Crippen LogP contribution in [-0.4, -0.2) is 22.8 Å². The number of amides is 1. The van der Waals surface area contributed by atoms with Gasteiger partial charge in [-0.15, -0.1) is 0 Å². The number of nitrogens with zero attached hydrogens (tertiary/aromatic N) is 2. The number of carbonyl (C=O) groups is 1. The number of aromatic nitrogens is 2. The van der Waals surface area contributed by atoms with Crippen LogP contribution in [0.15, 0.2) is 78.9 Å². The zero-order valence-corrected chi connectivity index (χ0v) is 17.9. The van der Waals surface area contributed by atoms with E-state index >= 15 is 0 Å². The highest BCUT2D eigenvalue weighted by Gasteiger charge is 2.19. The summed E-state index contributed by atoms with van der Waals surface area (Å²) in [5.74, 6) is 0.607. The molecule has 0 spiro atoms. The molecular weight excluding hydrogens is 386 g/mol. The molecule has 0 aliphatic rings. The van der Waals surface area contributed by atoms with E-state index in [2.05, 4.69) is 11.4 Å². The molecule has 4 rings (SSSR count). The molecule has 3 aromatic carbocycles. The average molecular weight is 412 g/mol. The van der Waals surface area contributed by atoms with Crippen LogP contribution < -0.4 is 10.1 Å². The van der Waals surface area contributed by atoms with Gasteiger partial charge in [-0.1, -0.05) is 42.5 Å². The van der Waals surface area contributed by atoms with Crippen molar-refractivity contribution in [1.82, 2.24) is 15.1 Å². The SMILES string of the molecule is COc1ccc(-c2cc(C(=O)NCc3ccccc3)n(-c3cc(C)ccc3C)n2)cc1. The van der Waals surface area contributed by atoms with Gasteiger partial charge >= 0.3 is 0 Å². The van der Waals surface area contributed by atoms with Crippen molar-refractivity contribution >= 4 is 5.91 Å². The number of rotatable bonds is 6. The molecule has 4 aromatic rings. The first kappa shape index (κ1) is 20.4. The van der Waals surface area contributed by atoms with Crippen LogP contribution in [0.2, 0.25) is 0 Å². The third-order valence-electron chi connectivity index (χ3n) is 5.22. The minimum absolute atomic E-state index is 0.169.